The van der Waals surface area contributed by atoms with Crippen molar-refractivity contribution < 1.29 is 42.9 Å². The zero-order valence-corrected chi connectivity index (χ0v) is 24.7. The second-order valence-electron chi connectivity index (χ2n) is 12.4. The van der Waals surface area contributed by atoms with Crippen molar-refractivity contribution in [2.24, 2.45) is 23.2 Å². The Morgan fingerprint density at radius 3 is 2.10 bits per heavy atom. The zero-order valence-electron chi connectivity index (χ0n) is 24.7. The van der Waals surface area contributed by atoms with Gasteiger partial charge < -0.3 is 23.7 Å². The third kappa shape index (κ3) is 4.80. The Labute approximate surface area is 236 Å². The van der Waals surface area contributed by atoms with Crippen molar-refractivity contribution in [1.82, 2.24) is 0 Å². The van der Waals surface area contributed by atoms with Crippen molar-refractivity contribution in [1.29, 1.82) is 0 Å². The lowest BCUT2D eigenvalue weighted by atomic mass is 9.48. The normalized spacial score (nSPS) is 36.5. The van der Waals surface area contributed by atoms with E-state index in [1.807, 2.05) is 40.7 Å². The highest BCUT2D eigenvalue weighted by molar-refractivity contribution is 5.89. The minimum absolute atomic E-state index is 0.290. The van der Waals surface area contributed by atoms with Gasteiger partial charge in [-0.2, -0.15) is 0 Å². The van der Waals surface area contributed by atoms with Crippen molar-refractivity contribution in [2.45, 2.75) is 110 Å². The highest BCUT2D eigenvalue weighted by atomic mass is 16.6. The molecule has 9 unspecified atom stereocenters. The second kappa shape index (κ2) is 10.8. The maximum atomic E-state index is 13.4. The standard InChI is InChI=1S/C31H42O9/c1-9-17(2)27(34)38-23-15-18(3)31-25(36-19(4)32)22(29(6,7)40-31)16-24(30(31,8)26(23)37-20(5)33)39-28(35)21-13-11-10-12-14-21/h10-14,17-18,22-26H,9,15-16H2,1-8H3. The molecule has 0 aromatic heterocycles. The van der Waals surface area contributed by atoms with Crippen LogP contribution in [0.5, 0.6) is 0 Å². The molecule has 1 aromatic rings. The maximum absolute atomic E-state index is 13.4. The molecular formula is C31H42O9. The smallest absolute Gasteiger partial charge is 0.338 e. The Hall–Kier alpha value is -2.94. The van der Waals surface area contributed by atoms with E-state index >= 15 is 0 Å². The molecule has 2 saturated carbocycles. The molecule has 9 nitrogen and oxygen atoms in total. The molecule has 1 saturated heterocycles. The van der Waals surface area contributed by atoms with E-state index in [0.717, 1.165) is 0 Å². The second-order valence-corrected chi connectivity index (χ2v) is 12.4. The van der Waals surface area contributed by atoms with Crippen molar-refractivity contribution in [2.75, 3.05) is 0 Å². The fraction of sp³-hybridized carbons (Fsp3) is 0.677. The third-order valence-corrected chi connectivity index (χ3v) is 9.47. The van der Waals surface area contributed by atoms with E-state index in [-0.39, 0.29) is 24.2 Å². The van der Waals surface area contributed by atoms with Crippen LogP contribution in [-0.4, -0.2) is 59.5 Å². The third-order valence-electron chi connectivity index (χ3n) is 9.47. The summed E-state index contributed by atoms with van der Waals surface area (Å²) in [7, 11) is 0. The minimum atomic E-state index is -1.24. The Morgan fingerprint density at radius 1 is 0.925 bits per heavy atom. The summed E-state index contributed by atoms with van der Waals surface area (Å²) in [5, 5.41) is 0. The van der Waals surface area contributed by atoms with Crippen molar-refractivity contribution in [3.8, 4) is 0 Å². The first-order valence-corrected chi connectivity index (χ1v) is 14.2. The van der Waals surface area contributed by atoms with Crippen LogP contribution in [0.25, 0.3) is 0 Å². The van der Waals surface area contributed by atoms with Crippen LogP contribution in [0.3, 0.4) is 0 Å². The molecule has 1 heterocycles. The molecule has 9 atom stereocenters. The van der Waals surface area contributed by atoms with Crippen LogP contribution in [0.1, 0.15) is 85.0 Å². The first-order valence-electron chi connectivity index (χ1n) is 14.2. The molecule has 3 aliphatic rings. The monoisotopic (exact) mass is 558 g/mol. The van der Waals surface area contributed by atoms with E-state index < -0.39 is 64.9 Å². The Kier molecular flexibility index (Phi) is 8.11. The van der Waals surface area contributed by atoms with Crippen LogP contribution in [0.2, 0.25) is 0 Å². The molecule has 0 N–H and O–H groups in total. The van der Waals surface area contributed by atoms with Crippen LogP contribution in [0, 0.1) is 23.2 Å². The van der Waals surface area contributed by atoms with E-state index in [4.69, 9.17) is 23.7 Å². The van der Waals surface area contributed by atoms with Crippen molar-refractivity contribution in [3.05, 3.63) is 35.9 Å². The number of fused-ring (bicyclic) bond motifs is 1. The Bertz CT molecular complexity index is 1150. The fourth-order valence-electron chi connectivity index (χ4n) is 7.34. The van der Waals surface area contributed by atoms with Gasteiger partial charge in [-0.25, -0.2) is 4.79 Å². The number of carbonyl (C=O) groups excluding carboxylic acids is 4. The van der Waals surface area contributed by atoms with Crippen LogP contribution in [-0.2, 0) is 38.1 Å². The molecule has 220 valence electrons. The molecule has 9 heteroatoms. The average Bonchev–Trinajstić information content (AvgIpc) is 3.06. The minimum Gasteiger partial charge on any atom is -0.459 e. The summed E-state index contributed by atoms with van der Waals surface area (Å²) in [6.45, 7) is 14.0. The van der Waals surface area contributed by atoms with Crippen LogP contribution < -0.4 is 0 Å². The summed E-state index contributed by atoms with van der Waals surface area (Å²) >= 11 is 0. The predicted octanol–water partition coefficient (Wildman–Crippen LogP) is 4.65. The number of hydrogen-bond acceptors (Lipinski definition) is 9. The SMILES string of the molecule is CCC(C)C(=O)OC1CC(C)C23OC(C)(C)C(CC(OC(=O)c4ccccc4)C2(C)C1OC(C)=O)C3OC(C)=O. The fourth-order valence-corrected chi connectivity index (χ4v) is 7.34. The van der Waals surface area contributed by atoms with Crippen LogP contribution in [0.15, 0.2) is 30.3 Å². The van der Waals surface area contributed by atoms with Gasteiger partial charge in [0, 0.05) is 19.8 Å². The summed E-state index contributed by atoms with van der Waals surface area (Å²) in [6, 6.07) is 8.65. The van der Waals surface area contributed by atoms with Crippen LogP contribution in [0.4, 0.5) is 0 Å². The predicted molar refractivity (Wildman–Crippen MR) is 144 cm³/mol. The van der Waals surface area contributed by atoms with Gasteiger partial charge in [0.15, 0.2) is 6.10 Å². The molecule has 2 aliphatic carbocycles. The molecule has 4 rings (SSSR count). The molecule has 3 fully saturated rings. The number of esters is 4. The molecule has 40 heavy (non-hydrogen) atoms. The van der Waals surface area contributed by atoms with Gasteiger partial charge in [0.2, 0.25) is 0 Å². The molecule has 1 aromatic carbocycles. The summed E-state index contributed by atoms with van der Waals surface area (Å²) in [5.41, 5.74) is -2.83. The summed E-state index contributed by atoms with van der Waals surface area (Å²) in [5.74, 6) is -2.94. The molecule has 0 radical (unpaired) electrons. The number of carbonyl (C=O) groups is 4. The van der Waals surface area contributed by atoms with Crippen molar-refractivity contribution >= 4 is 23.9 Å². The maximum Gasteiger partial charge on any atom is 0.338 e. The van der Waals surface area contributed by atoms with Crippen molar-refractivity contribution in [3.63, 3.8) is 0 Å². The molecule has 1 aliphatic heterocycles. The van der Waals surface area contributed by atoms with Gasteiger partial charge in [0.1, 0.15) is 23.9 Å². The number of ether oxygens (including phenoxy) is 5. The quantitative estimate of drug-likeness (QED) is 0.348. The molecular weight excluding hydrogens is 516 g/mol. The number of rotatable bonds is 7. The van der Waals surface area contributed by atoms with Gasteiger partial charge in [0.25, 0.3) is 0 Å². The van der Waals surface area contributed by atoms with Gasteiger partial charge in [-0.15, -0.1) is 0 Å². The lowest BCUT2D eigenvalue weighted by molar-refractivity contribution is -0.305. The lowest BCUT2D eigenvalue weighted by Gasteiger charge is -2.62. The van der Waals surface area contributed by atoms with Gasteiger partial charge in [-0.3, -0.25) is 14.4 Å². The summed E-state index contributed by atoms with van der Waals surface area (Å²) < 4.78 is 31.3. The van der Waals surface area contributed by atoms with E-state index in [2.05, 4.69) is 0 Å². The average molecular weight is 559 g/mol. The molecule has 0 amide bonds. The number of benzene rings is 1. The first kappa shape index (κ1) is 30.0. The molecule has 2 bridgehead atoms. The summed E-state index contributed by atoms with van der Waals surface area (Å²) in [6.07, 6.45) is -2.18. The van der Waals surface area contributed by atoms with Gasteiger partial charge >= 0.3 is 23.9 Å². The Morgan fingerprint density at radius 2 is 1.52 bits per heavy atom. The van der Waals surface area contributed by atoms with E-state index in [1.165, 1.54) is 13.8 Å². The van der Waals surface area contributed by atoms with E-state index in [1.54, 1.807) is 31.2 Å². The zero-order chi connectivity index (χ0) is 29.6. The topological polar surface area (TPSA) is 114 Å². The number of hydrogen-bond donors (Lipinski definition) is 0. The Balaban J connectivity index is 1.89. The lowest BCUT2D eigenvalue weighted by Crippen LogP contribution is -2.76. The summed E-state index contributed by atoms with van der Waals surface area (Å²) in [4.78, 5) is 51.5. The van der Waals surface area contributed by atoms with E-state index in [0.29, 0.717) is 18.4 Å². The van der Waals surface area contributed by atoms with Gasteiger partial charge in [0.05, 0.1) is 22.5 Å². The first-order chi connectivity index (χ1) is 18.7. The van der Waals surface area contributed by atoms with E-state index in [9.17, 15) is 19.2 Å². The highest BCUT2D eigenvalue weighted by Gasteiger charge is 2.80. The van der Waals surface area contributed by atoms with Gasteiger partial charge in [-0.1, -0.05) is 39.0 Å². The van der Waals surface area contributed by atoms with Crippen LogP contribution >= 0.6 is 0 Å². The highest BCUT2D eigenvalue weighted by Crippen LogP contribution is 2.68. The largest absolute Gasteiger partial charge is 0.459 e. The molecule has 1 spiro atoms. The van der Waals surface area contributed by atoms with Gasteiger partial charge in [-0.05, 0) is 58.1 Å².